The first-order valence-electron chi connectivity index (χ1n) is 9.50. The van der Waals surface area contributed by atoms with Gasteiger partial charge in [0.15, 0.2) is 11.5 Å². The molecule has 0 aromatic heterocycles. The zero-order valence-corrected chi connectivity index (χ0v) is 17.5. The minimum absolute atomic E-state index is 0.112. The van der Waals surface area contributed by atoms with Gasteiger partial charge in [0.05, 0.1) is 39.0 Å². The Balaban J connectivity index is 1.72. The summed E-state index contributed by atoms with van der Waals surface area (Å²) in [6.45, 7) is 0. The maximum Gasteiger partial charge on any atom is 0.340 e. The van der Waals surface area contributed by atoms with Crippen LogP contribution in [0.3, 0.4) is 0 Å². The number of benzene rings is 3. The largest absolute Gasteiger partial charge is 0.493 e. The number of amides is 1. The third-order valence-corrected chi connectivity index (χ3v) is 4.47. The molecule has 0 aliphatic rings. The monoisotopic (exact) mass is 421 g/mol. The molecule has 0 aliphatic heterocycles. The number of esters is 1. The number of hydrogen-bond donors (Lipinski definition) is 1. The zero-order valence-electron chi connectivity index (χ0n) is 17.5. The molecule has 0 aliphatic carbocycles. The van der Waals surface area contributed by atoms with E-state index in [1.165, 1.54) is 33.5 Å². The Labute approximate surface area is 180 Å². The Morgan fingerprint density at radius 2 is 1.42 bits per heavy atom. The molecule has 0 heterocycles. The van der Waals surface area contributed by atoms with Gasteiger partial charge in [0, 0.05) is 12.1 Å². The van der Waals surface area contributed by atoms with E-state index in [4.69, 9.17) is 18.9 Å². The number of carbonyl (C=O) groups excluding carboxylic acids is 2. The first-order valence-corrected chi connectivity index (χ1v) is 9.50. The maximum absolute atomic E-state index is 12.6. The van der Waals surface area contributed by atoms with E-state index in [1.54, 1.807) is 12.1 Å². The molecule has 7 heteroatoms. The van der Waals surface area contributed by atoms with Gasteiger partial charge in [0.1, 0.15) is 11.5 Å². The van der Waals surface area contributed by atoms with E-state index in [0.29, 0.717) is 17.2 Å². The molecule has 0 radical (unpaired) electrons. The summed E-state index contributed by atoms with van der Waals surface area (Å²) in [6.07, 6.45) is 0.112. The van der Waals surface area contributed by atoms with Gasteiger partial charge in [-0.3, -0.25) is 4.79 Å². The summed E-state index contributed by atoms with van der Waals surface area (Å²) in [5.41, 5.74) is 1.23. The van der Waals surface area contributed by atoms with Gasteiger partial charge in [-0.25, -0.2) is 4.79 Å². The Bertz CT molecular complexity index is 1050. The van der Waals surface area contributed by atoms with Gasteiger partial charge < -0.3 is 24.3 Å². The predicted octanol–water partition coefficient (Wildman–Crippen LogP) is 4.46. The fraction of sp³-hybridized carbons (Fsp3) is 0.167. The first-order chi connectivity index (χ1) is 15.0. The molecule has 31 heavy (non-hydrogen) atoms. The van der Waals surface area contributed by atoms with Crippen LogP contribution >= 0.6 is 0 Å². The quantitative estimate of drug-likeness (QED) is 0.541. The lowest BCUT2D eigenvalue weighted by Gasteiger charge is -2.14. The molecule has 3 rings (SSSR count). The van der Waals surface area contributed by atoms with Crippen molar-refractivity contribution in [1.29, 1.82) is 0 Å². The second kappa shape index (κ2) is 10.2. The zero-order chi connectivity index (χ0) is 22.2. The van der Waals surface area contributed by atoms with Crippen molar-refractivity contribution in [2.24, 2.45) is 0 Å². The van der Waals surface area contributed by atoms with Crippen LogP contribution in [0.15, 0.2) is 66.7 Å². The molecule has 3 aromatic rings. The van der Waals surface area contributed by atoms with Crippen LogP contribution in [-0.2, 0) is 16.0 Å². The van der Waals surface area contributed by atoms with Crippen molar-refractivity contribution in [3.05, 3.63) is 77.9 Å². The molecule has 0 saturated heterocycles. The SMILES string of the molecule is COC(=O)c1cc(OC)c(OC)cc1NC(=O)Cc1ccc(Oc2ccccc2)cc1. The van der Waals surface area contributed by atoms with E-state index in [-0.39, 0.29) is 23.6 Å². The third kappa shape index (κ3) is 5.54. The van der Waals surface area contributed by atoms with Gasteiger partial charge >= 0.3 is 5.97 Å². The third-order valence-electron chi connectivity index (χ3n) is 4.47. The molecule has 0 atom stereocenters. The Morgan fingerprint density at radius 1 is 0.806 bits per heavy atom. The smallest absolute Gasteiger partial charge is 0.340 e. The highest BCUT2D eigenvalue weighted by Gasteiger charge is 2.19. The molecule has 3 aromatic carbocycles. The molecule has 7 nitrogen and oxygen atoms in total. The summed E-state index contributed by atoms with van der Waals surface area (Å²) >= 11 is 0. The van der Waals surface area contributed by atoms with Crippen molar-refractivity contribution in [2.75, 3.05) is 26.6 Å². The molecular weight excluding hydrogens is 398 g/mol. The summed E-state index contributed by atoms with van der Waals surface area (Å²) in [6, 6.07) is 19.6. The fourth-order valence-electron chi connectivity index (χ4n) is 2.94. The van der Waals surface area contributed by atoms with Gasteiger partial charge in [0.25, 0.3) is 0 Å². The van der Waals surface area contributed by atoms with Crippen molar-refractivity contribution in [3.8, 4) is 23.0 Å². The number of rotatable bonds is 8. The van der Waals surface area contributed by atoms with Crippen LogP contribution in [-0.4, -0.2) is 33.2 Å². The minimum atomic E-state index is -0.598. The number of carbonyl (C=O) groups is 2. The number of methoxy groups -OCH3 is 3. The number of nitrogens with one attached hydrogen (secondary N) is 1. The van der Waals surface area contributed by atoms with Crippen LogP contribution in [0, 0.1) is 0 Å². The van der Waals surface area contributed by atoms with Crippen molar-refractivity contribution in [1.82, 2.24) is 0 Å². The molecule has 0 fully saturated rings. The molecule has 1 amide bonds. The lowest BCUT2D eigenvalue weighted by atomic mass is 10.1. The van der Waals surface area contributed by atoms with Crippen molar-refractivity contribution in [2.45, 2.75) is 6.42 Å². The lowest BCUT2D eigenvalue weighted by Crippen LogP contribution is -2.17. The second-order valence-corrected chi connectivity index (χ2v) is 6.53. The van der Waals surface area contributed by atoms with Crippen LogP contribution in [0.25, 0.3) is 0 Å². The number of hydrogen-bond acceptors (Lipinski definition) is 6. The second-order valence-electron chi connectivity index (χ2n) is 6.53. The highest BCUT2D eigenvalue weighted by atomic mass is 16.5. The van der Waals surface area contributed by atoms with Crippen LogP contribution in [0.5, 0.6) is 23.0 Å². The highest BCUT2D eigenvalue weighted by molar-refractivity contribution is 6.02. The van der Waals surface area contributed by atoms with Crippen LogP contribution in [0.2, 0.25) is 0 Å². The van der Waals surface area contributed by atoms with E-state index in [9.17, 15) is 9.59 Å². The van der Waals surface area contributed by atoms with Gasteiger partial charge in [-0.1, -0.05) is 30.3 Å². The molecule has 0 spiro atoms. The van der Waals surface area contributed by atoms with Crippen molar-refractivity contribution >= 4 is 17.6 Å². The van der Waals surface area contributed by atoms with E-state index in [0.717, 1.165) is 11.3 Å². The molecule has 0 bridgehead atoms. The Morgan fingerprint density at radius 3 is 2.03 bits per heavy atom. The average molecular weight is 421 g/mol. The standard InChI is InChI=1S/C24H23NO6/c1-28-21-14-19(24(27)30-3)20(15-22(21)29-2)25-23(26)13-16-9-11-18(12-10-16)31-17-7-5-4-6-8-17/h4-12,14-15H,13H2,1-3H3,(H,25,26). The molecule has 0 saturated carbocycles. The van der Waals surface area contributed by atoms with Crippen LogP contribution in [0.4, 0.5) is 5.69 Å². The van der Waals surface area contributed by atoms with E-state index >= 15 is 0 Å². The summed E-state index contributed by atoms with van der Waals surface area (Å²) < 4.78 is 21.1. The highest BCUT2D eigenvalue weighted by Crippen LogP contribution is 2.34. The van der Waals surface area contributed by atoms with Crippen molar-refractivity contribution in [3.63, 3.8) is 0 Å². The van der Waals surface area contributed by atoms with Gasteiger partial charge in [-0.2, -0.15) is 0 Å². The normalized spacial score (nSPS) is 10.2. The van der Waals surface area contributed by atoms with E-state index in [2.05, 4.69) is 5.32 Å². The summed E-state index contributed by atoms with van der Waals surface area (Å²) in [5, 5.41) is 2.75. The average Bonchev–Trinajstić information content (AvgIpc) is 2.80. The predicted molar refractivity (Wildman–Crippen MR) is 116 cm³/mol. The minimum Gasteiger partial charge on any atom is -0.493 e. The van der Waals surface area contributed by atoms with E-state index in [1.807, 2.05) is 42.5 Å². The summed E-state index contributed by atoms with van der Waals surface area (Å²) in [7, 11) is 4.20. The summed E-state index contributed by atoms with van der Waals surface area (Å²) in [4.78, 5) is 24.8. The van der Waals surface area contributed by atoms with Gasteiger partial charge in [-0.05, 0) is 29.8 Å². The molecular formula is C24H23NO6. The van der Waals surface area contributed by atoms with Crippen molar-refractivity contribution < 1.29 is 28.5 Å². The maximum atomic E-state index is 12.6. The Kier molecular flexibility index (Phi) is 7.11. The fourth-order valence-corrected chi connectivity index (χ4v) is 2.94. The lowest BCUT2D eigenvalue weighted by molar-refractivity contribution is -0.115. The molecule has 1 N–H and O–H groups in total. The topological polar surface area (TPSA) is 83.1 Å². The van der Waals surface area contributed by atoms with Crippen LogP contribution < -0.4 is 19.5 Å². The number of ether oxygens (including phenoxy) is 4. The molecule has 160 valence electrons. The summed E-state index contributed by atoms with van der Waals surface area (Å²) in [5.74, 6) is 1.25. The first kappa shape index (κ1) is 21.7. The molecule has 0 unspecified atom stereocenters. The van der Waals surface area contributed by atoms with Crippen LogP contribution in [0.1, 0.15) is 15.9 Å². The Hall–Kier alpha value is -4.00. The van der Waals surface area contributed by atoms with Gasteiger partial charge in [0.2, 0.25) is 5.91 Å². The van der Waals surface area contributed by atoms with E-state index < -0.39 is 5.97 Å². The number of para-hydroxylation sites is 1. The van der Waals surface area contributed by atoms with Gasteiger partial charge in [-0.15, -0.1) is 0 Å². The number of anilines is 1.